The van der Waals surface area contributed by atoms with Gasteiger partial charge in [0, 0.05) is 47.6 Å². The minimum atomic E-state index is -0.164. The van der Waals surface area contributed by atoms with Gasteiger partial charge in [0.15, 0.2) is 17.2 Å². The molecule has 2 aliphatic heterocycles. The number of H-pyrrole nitrogens is 1. The summed E-state index contributed by atoms with van der Waals surface area (Å²) in [5.74, 6) is 0.935. The lowest BCUT2D eigenvalue weighted by Crippen LogP contribution is -2.46. The Bertz CT molecular complexity index is 1800. The number of nitrogens with one attached hydrogen (secondary N) is 1. The highest BCUT2D eigenvalue weighted by Gasteiger charge is 2.45. The van der Waals surface area contributed by atoms with Crippen LogP contribution in [0.15, 0.2) is 43.0 Å². The van der Waals surface area contributed by atoms with Crippen molar-refractivity contribution in [2.45, 2.75) is 57.5 Å². The highest BCUT2D eigenvalue weighted by Crippen LogP contribution is 2.45. The molecule has 208 valence electrons. The fourth-order valence-electron chi connectivity index (χ4n) is 6.43. The average molecular weight is 552 g/mol. The summed E-state index contributed by atoms with van der Waals surface area (Å²) in [6.07, 6.45) is 10.3. The standard InChI is InChI=1S/C28H29N11O2/c1-14-10-32-37(13-14)23-6-3-16(11-31-23)20-12-33-39-26(30)24(15(2)40)25(34-27(20)39)17-7-18-4-5-19(8-17)38(18)28(41)21-9-22(29)36-35-21/h3,6,9-13,17-19H,4-5,7-8,30H2,1-2H3,(H3,29,35,36)/t17-,18-,19?/m0/s1. The van der Waals surface area contributed by atoms with Crippen LogP contribution < -0.4 is 11.5 Å². The number of rotatable bonds is 5. The van der Waals surface area contributed by atoms with Crippen molar-refractivity contribution in [1.29, 1.82) is 0 Å². The predicted octanol–water partition coefficient (Wildman–Crippen LogP) is 2.93. The number of ketones is 1. The molecule has 13 heteroatoms. The summed E-state index contributed by atoms with van der Waals surface area (Å²) in [6.45, 7) is 3.48. The van der Waals surface area contributed by atoms with Crippen molar-refractivity contribution in [3.8, 4) is 16.9 Å². The van der Waals surface area contributed by atoms with Crippen LogP contribution in [0, 0.1) is 6.92 Å². The number of Topliss-reactive ketones (excluding diaryl/α,β-unsaturated/α-hetero) is 1. The number of anilines is 2. The van der Waals surface area contributed by atoms with Crippen molar-refractivity contribution in [2.75, 3.05) is 11.5 Å². The zero-order valence-corrected chi connectivity index (χ0v) is 22.7. The van der Waals surface area contributed by atoms with E-state index < -0.39 is 0 Å². The van der Waals surface area contributed by atoms with E-state index in [1.165, 1.54) is 11.4 Å². The highest BCUT2D eigenvalue weighted by atomic mass is 16.2. The Hall–Kier alpha value is -5.07. The number of hydrogen-bond donors (Lipinski definition) is 3. The van der Waals surface area contributed by atoms with Crippen LogP contribution in [-0.2, 0) is 0 Å². The number of amides is 1. The van der Waals surface area contributed by atoms with Gasteiger partial charge >= 0.3 is 0 Å². The molecule has 2 bridgehead atoms. The number of aromatic amines is 1. The van der Waals surface area contributed by atoms with Gasteiger partial charge in [-0.2, -0.15) is 19.8 Å². The molecule has 7 heterocycles. The summed E-state index contributed by atoms with van der Waals surface area (Å²) in [5.41, 5.74) is 16.9. The zero-order valence-electron chi connectivity index (χ0n) is 22.7. The average Bonchev–Trinajstić information content (AvgIpc) is 3.74. The molecular formula is C28H29N11O2. The summed E-state index contributed by atoms with van der Waals surface area (Å²) in [7, 11) is 0. The fourth-order valence-corrected chi connectivity index (χ4v) is 6.43. The Morgan fingerprint density at radius 1 is 1.05 bits per heavy atom. The van der Waals surface area contributed by atoms with Gasteiger partial charge in [-0.15, -0.1) is 0 Å². The normalized spacial score (nSPS) is 20.1. The lowest BCUT2D eigenvalue weighted by atomic mass is 9.85. The van der Waals surface area contributed by atoms with Gasteiger partial charge in [-0.3, -0.25) is 14.7 Å². The van der Waals surface area contributed by atoms with E-state index in [0.717, 1.165) is 29.5 Å². The first kappa shape index (κ1) is 24.9. The number of fused-ring (bicyclic) bond motifs is 3. The molecule has 0 aliphatic carbocycles. The number of carbonyl (C=O) groups excluding carboxylic acids is 2. The second kappa shape index (κ2) is 9.25. The van der Waals surface area contributed by atoms with E-state index in [9.17, 15) is 9.59 Å². The van der Waals surface area contributed by atoms with Crippen LogP contribution in [-0.4, -0.2) is 68.2 Å². The third kappa shape index (κ3) is 4.03. The molecule has 5 N–H and O–H groups in total. The summed E-state index contributed by atoms with van der Waals surface area (Å²) >= 11 is 0. The first-order valence-electron chi connectivity index (χ1n) is 13.6. The Labute approximate surface area is 234 Å². The van der Waals surface area contributed by atoms with Gasteiger partial charge in [-0.1, -0.05) is 0 Å². The lowest BCUT2D eigenvalue weighted by Gasteiger charge is -2.39. The van der Waals surface area contributed by atoms with Crippen LogP contribution in [0.25, 0.3) is 22.6 Å². The molecule has 13 nitrogen and oxygen atoms in total. The van der Waals surface area contributed by atoms with E-state index in [1.807, 2.05) is 30.2 Å². The number of carbonyl (C=O) groups is 2. The fraction of sp³-hybridized carbons (Fsp3) is 0.321. The van der Waals surface area contributed by atoms with Crippen LogP contribution in [0.1, 0.15) is 70.6 Å². The molecule has 1 unspecified atom stereocenters. The van der Waals surface area contributed by atoms with Crippen LogP contribution >= 0.6 is 0 Å². The minimum absolute atomic E-state index is 0.0156. The van der Waals surface area contributed by atoms with Gasteiger partial charge < -0.3 is 16.4 Å². The van der Waals surface area contributed by atoms with Crippen LogP contribution in [0.3, 0.4) is 0 Å². The van der Waals surface area contributed by atoms with Gasteiger partial charge in [-0.05, 0) is 57.2 Å². The molecule has 41 heavy (non-hydrogen) atoms. The van der Waals surface area contributed by atoms with Gasteiger partial charge in [0.05, 0.1) is 23.7 Å². The molecule has 0 spiro atoms. The molecule has 2 fully saturated rings. The molecule has 2 saturated heterocycles. The number of nitrogens with zero attached hydrogens (tertiary/aromatic N) is 8. The number of piperidine rings is 1. The topological polar surface area (TPSA) is 179 Å². The molecule has 1 amide bonds. The maximum atomic E-state index is 13.3. The van der Waals surface area contributed by atoms with E-state index in [2.05, 4.69) is 25.4 Å². The largest absolute Gasteiger partial charge is 0.383 e. The predicted molar refractivity (Wildman–Crippen MR) is 150 cm³/mol. The number of aryl methyl sites for hydroxylation is 1. The van der Waals surface area contributed by atoms with Crippen molar-refractivity contribution >= 4 is 29.0 Å². The molecule has 3 atom stereocenters. The van der Waals surface area contributed by atoms with Crippen molar-refractivity contribution < 1.29 is 9.59 Å². The Balaban J connectivity index is 1.25. The van der Waals surface area contributed by atoms with Gasteiger partial charge in [0.2, 0.25) is 0 Å². The third-order valence-electron chi connectivity index (χ3n) is 8.25. The molecule has 5 aromatic heterocycles. The summed E-state index contributed by atoms with van der Waals surface area (Å²) < 4.78 is 3.24. The number of nitrogen functional groups attached to an aromatic ring is 2. The summed E-state index contributed by atoms with van der Waals surface area (Å²) in [5, 5.41) is 15.5. The van der Waals surface area contributed by atoms with E-state index >= 15 is 0 Å². The zero-order chi connectivity index (χ0) is 28.4. The van der Waals surface area contributed by atoms with Crippen LogP contribution in [0.2, 0.25) is 0 Å². The van der Waals surface area contributed by atoms with E-state index in [0.29, 0.717) is 41.3 Å². The van der Waals surface area contributed by atoms with E-state index in [-0.39, 0.29) is 41.3 Å². The molecule has 2 aliphatic rings. The van der Waals surface area contributed by atoms with Gasteiger partial charge in [0.25, 0.3) is 5.91 Å². The monoisotopic (exact) mass is 551 g/mol. The number of aromatic nitrogens is 8. The molecular weight excluding hydrogens is 522 g/mol. The maximum absolute atomic E-state index is 13.3. The van der Waals surface area contributed by atoms with Crippen molar-refractivity contribution in [3.63, 3.8) is 0 Å². The summed E-state index contributed by atoms with van der Waals surface area (Å²) in [6, 6.07) is 5.43. The number of pyridine rings is 1. The molecule has 7 rings (SSSR count). The molecule has 0 radical (unpaired) electrons. The van der Waals surface area contributed by atoms with E-state index in [1.54, 1.807) is 29.3 Å². The number of hydrogen-bond acceptors (Lipinski definition) is 9. The van der Waals surface area contributed by atoms with Gasteiger partial charge in [-0.25, -0.2) is 14.6 Å². The van der Waals surface area contributed by atoms with Crippen LogP contribution in [0.5, 0.6) is 0 Å². The third-order valence-corrected chi connectivity index (χ3v) is 8.25. The van der Waals surface area contributed by atoms with E-state index in [4.69, 9.17) is 16.5 Å². The Morgan fingerprint density at radius 2 is 1.83 bits per heavy atom. The quantitative estimate of drug-likeness (QED) is 0.277. The second-order valence-corrected chi connectivity index (χ2v) is 10.9. The molecule has 0 saturated carbocycles. The van der Waals surface area contributed by atoms with Crippen molar-refractivity contribution in [1.82, 2.24) is 44.5 Å². The minimum Gasteiger partial charge on any atom is -0.383 e. The van der Waals surface area contributed by atoms with Crippen LogP contribution in [0.4, 0.5) is 11.6 Å². The van der Waals surface area contributed by atoms with Crippen molar-refractivity contribution in [2.24, 2.45) is 0 Å². The molecule has 0 aromatic carbocycles. The SMILES string of the molecule is CC(=O)c1c([C@@H]2CC3CC[C@@H](C2)N3C(=O)c2cc(N)n[nH]2)nc2c(-c3ccc(-n4cc(C)cn4)nc3)cnn2c1N. The second-order valence-electron chi connectivity index (χ2n) is 10.9. The Morgan fingerprint density at radius 3 is 2.44 bits per heavy atom. The van der Waals surface area contributed by atoms with Gasteiger partial charge in [0.1, 0.15) is 17.3 Å². The number of nitrogens with two attached hydrogens (primary N) is 2. The highest BCUT2D eigenvalue weighted by molar-refractivity contribution is 6.00. The first-order chi connectivity index (χ1) is 19.8. The Kier molecular flexibility index (Phi) is 5.63. The molecule has 5 aromatic rings. The van der Waals surface area contributed by atoms with Crippen molar-refractivity contribution in [3.05, 3.63) is 65.5 Å². The smallest absolute Gasteiger partial charge is 0.272 e. The summed E-state index contributed by atoms with van der Waals surface area (Å²) in [4.78, 5) is 37.8. The first-order valence-corrected chi connectivity index (χ1v) is 13.6. The maximum Gasteiger partial charge on any atom is 0.272 e. The lowest BCUT2D eigenvalue weighted by molar-refractivity contribution is 0.0562.